The standard InChI is InChI=1S/C27H29FN6O/c1-5-27(35)32-23-14-20(9-10-25(23)34(4)12-11-33(2)3)31-26-15-21-22(16-29-24(21)17-30-26)18-7-6-8-19(28)13-18/h5-10,13-17,29H,1,11-12H2,2-4H3,(H,30,31)(H,32,35). The van der Waals surface area contributed by atoms with Crippen molar-refractivity contribution in [2.45, 2.75) is 0 Å². The molecule has 7 nitrogen and oxygen atoms in total. The fraction of sp³-hybridized carbons (Fsp3) is 0.185. The van der Waals surface area contributed by atoms with Gasteiger partial charge in [-0.1, -0.05) is 18.7 Å². The number of anilines is 4. The number of hydrogen-bond acceptors (Lipinski definition) is 5. The molecule has 0 spiro atoms. The van der Waals surface area contributed by atoms with E-state index in [4.69, 9.17) is 0 Å². The zero-order valence-electron chi connectivity index (χ0n) is 20.1. The molecule has 0 radical (unpaired) electrons. The molecule has 35 heavy (non-hydrogen) atoms. The third-order valence-corrected chi connectivity index (χ3v) is 5.71. The first-order valence-electron chi connectivity index (χ1n) is 11.3. The predicted octanol–water partition coefficient (Wildman–Crippen LogP) is 5.23. The molecular weight excluding hydrogens is 443 g/mol. The first kappa shape index (κ1) is 24.0. The third kappa shape index (κ3) is 5.67. The number of amides is 1. The van der Waals surface area contributed by atoms with E-state index in [1.807, 2.05) is 57.7 Å². The summed E-state index contributed by atoms with van der Waals surface area (Å²) in [5.74, 6) is 0.0643. The summed E-state index contributed by atoms with van der Waals surface area (Å²) < 4.78 is 13.8. The molecule has 0 bridgehead atoms. The van der Waals surface area contributed by atoms with E-state index in [2.05, 4.69) is 37.0 Å². The van der Waals surface area contributed by atoms with Gasteiger partial charge in [0.15, 0.2) is 0 Å². The van der Waals surface area contributed by atoms with E-state index in [0.29, 0.717) is 11.5 Å². The van der Waals surface area contributed by atoms with Crippen molar-refractivity contribution in [3.63, 3.8) is 0 Å². The molecule has 0 aliphatic rings. The fourth-order valence-corrected chi connectivity index (χ4v) is 3.83. The van der Waals surface area contributed by atoms with Crippen LogP contribution >= 0.6 is 0 Å². The molecule has 2 aromatic heterocycles. The molecule has 8 heteroatoms. The Morgan fingerprint density at radius 3 is 2.71 bits per heavy atom. The maximum Gasteiger partial charge on any atom is 0.247 e. The summed E-state index contributed by atoms with van der Waals surface area (Å²) in [7, 11) is 6.04. The van der Waals surface area contributed by atoms with Crippen LogP contribution in [0.15, 0.2) is 73.6 Å². The van der Waals surface area contributed by atoms with Crippen molar-refractivity contribution in [1.29, 1.82) is 0 Å². The number of hydrogen-bond donors (Lipinski definition) is 3. The maximum absolute atomic E-state index is 13.8. The fourth-order valence-electron chi connectivity index (χ4n) is 3.83. The topological polar surface area (TPSA) is 76.3 Å². The maximum atomic E-state index is 13.8. The van der Waals surface area contributed by atoms with Gasteiger partial charge in [0.25, 0.3) is 0 Å². The summed E-state index contributed by atoms with van der Waals surface area (Å²) in [5, 5.41) is 7.15. The van der Waals surface area contributed by atoms with Gasteiger partial charge in [-0.15, -0.1) is 0 Å². The Hall–Kier alpha value is -4.17. The minimum absolute atomic E-state index is 0.281. The quantitative estimate of drug-likeness (QED) is 0.291. The molecular formula is C27H29FN6O. The average molecular weight is 473 g/mol. The van der Waals surface area contributed by atoms with Crippen LogP contribution in [0.1, 0.15) is 0 Å². The summed E-state index contributed by atoms with van der Waals surface area (Å²) in [4.78, 5) is 24.0. The lowest BCUT2D eigenvalue weighted by molar-refractivity contribution is -0.111. The van der Waals surface area contributed by atoms with Gasteiger partial charge in [0.1, 0.15) is 11.6 Å². The lowest BCUT2D eigenvalue weighted by Crippen LogP contribution is -2.29. The van der Waals surface area contributed by atoms with E-state index in [1.54, 1.807) is 12.3 Å². The number of pyridine rings is 1. The first-order chi connectivity index (χ1) is 16.8. The molecule has 0 saturated carbocycles. The van der Waals surface area contributed by atoms with Crippen LogP contribution in [-0.4, -0.2) is 55.0 Å². The summed E-state index contributed by atoms with van der Waals surface area (Å²) in [6.45, 7) is 5.23. The third-order valence-electron chi connectivity index (χ3n) is 5.71. The Balaban J connectivity index is 1.64. The number of carbonyl (C=O) groups excluding carboxylic acids is 1. The zero-order valence-corrected chi connectivity index (χ0v) is 20.1. The molecule has 2 heterocycles. The van der Waals surface area contributed by atoms with Crippen molar-refractivity contribution in [3.05, 3.63) is 79.4 Å². The van der Waals surface area contributed by atoms with E-state index in [-0.39, 0.29) is 11.7 Å². The lowest BCUT2D eigenvalue weighted by Gasteiger charge is -2.24. The molecule has 0 fully saturated rings. The first-order valence-corrected chi connectivity index (χ1v) is 11.3. The van der Waals surface area contributed by atoms with Gasteiger partial charge < -0.3 is 25.4 Å². The number of carbonyl (C=O) groups is 1. The van der Waals surface area contributed by atoms with E-state index in [9.17, 15) is 9.18 Å². The van der Waals surface area contributed by atoms with Gasteiger partial charge in [-0.2, -0.15) is 0 Å². The number of fused-ring (bicyclic) bond motifs is 1. The lowest BCUT2D eigenvalue weighted by atomic mass is 10.1. The van der Waals surface area contributed by atoms with Gasteiger partial charge in [-0.05, 0) is 62.1 Å². The van der Waals surface area contributed by atoms with Gasteiger partial charge in [0.2, 0.25) is 5.91 Å². The second-order valence-corrected chi connectivity index (χ2v) is 8.60. The van der Waals surface area contributed by atoms with Crippen LogP contribution in [0, 0.1) is 5.82 Å². The Morgan fingerprint density at radius 1 is 1.14 bits per heavy atom. The number of aromatic amines is 1. The second-order valence-electron chi connectivity index (χ2n) is 8.60. The van der Waals surface area contributed by atoms with Crippen LogP contribution in [0.2, 0.25) is 0 Å². The minimum Gasteiger partial charge on any atom is -0.372 e. The van der Waals surface area contributed by atoms with Crippen LogP contribution in [0.25, 0.3) is 22.0 Å². The average Bonchev–Trinajstić information content (AvgIpc) is 3.26. The number of H-pyrrole nitrogens is 1. The summed E-state index contributed by atoms with van der Waals surface area (Å²) in [5.41, 5.74) is 4.87. The second kappa shape index (κ2) is 10.4. The van der Waals surface area contributed by atoms with Crippen molar-refractivity contribution in [2.75, 3.05) is 49.8 Å². The Kier molecular flexibility index (Phi) is 7.12. The van der Waals surface area contributed by atoms with Crippen LogP contribution in [0.3, 0.4) is 0 Å². The zero-order chi connectivity index (χ0) is 24.9. The molecule has 0 aliphatic carbocycles. The molecule has 4 aromatic rings. The van der Waals surface area contributed by atoms with Crippen molar-refractivity contribution in [3.8, 4) is 11.1 Å². The summed E-state index contributed by atoms with van der Waals surface area (Å²) in [6, 6.07) is 14.2. The number of halogens is 1. The summed E-state index contributed by atoms with van der Waals surface area (Å²) in [6.07, 6.45) is 4.84. The molecule has 1 amide bonds. The number of rotatable bonds is 9. The van der Waals surface area contributed by atoms with Gasteiger partial charge in [0.05, 0.1) is 23.1 Å². The molecule has 2 aromatic carbocycles. The number of nitrogens with one attached hydrogen (secondary N) is 3. The van der Waals surface area contributed by atoms with Crippen LogP contribution < -0.4 is 15.5 Å². The van der Waals surface area contributed by atoms with Gasteiger partial charge >= 0.3 is 0 Å². The van der Waals surface area contributed by atoms with E-state index < -0.39 is 0 Å². The SMILES string of the molecule is C=CC(=O)Nc1cc(Nc2cc3c(-c4cccc(F)c4)c[nH]c3cn2)ccc1N(C)CCN(C)C. The minimum atomic E-state index is -0.283. The smallest absolute Gasteiger partial charge is 0.247 e. The monoisotopic (exact) mass is 472 g/mol. The predicted molar refractivity (Wildman–Crippen MR) is 142 cm³/mol. The highest BCUT2D eigenvalue weighted by Crippen LogP contribution is 2.33. The number of benzene rings is 2. The van der Waals surface area contributed by atoms with Crippen LogP contribution in [-0.2, 0) is 4.79 Å². The van der Waals surface area contributed by atoms with Crippen molar-refractivity contribution in [2.24, 2.45) is 0 Å². The van der Waals surface area contributed by atoms with E-state index in [0.717, 1.165) is 46.5 Å². The van der Waals surface area contributed by atoms with Gasteiger partial charge in [0, 0.05) is 43.0 Å². The van der Waals surface area contributed by atoms with Crippen molar-refractivity contribution >= 4 is 39.7 Å². The largest absolute Gasteiger partial charge is 0.372 e. The van der Waals surface area contributed by atoms with Crippen molar-refractivity contribution < 1.29 is 9.18 Å². The molecule has 0 saturated heterocycles. The van der Waals surface area contributed by atoms with E-state index >= 15 is 0 Å². The number of likely N-dealkylation sites (N-methyl/N-ethyl adjacent to an activating group) is 2. The van der Waals surface area contributed by atoms with Gasteiger partial charge in [-0.3, -0.25) is 4.79 Å². The van der Waals surface area contributed by atoms with Gasteiger partial charge in [-0.25, -0.2) is 9.37 Å². The Morgan fingerprint density at radius 2 is 1.97 bits per heavy atom. The number of aromatic nitrogens is 2. The Bertz CT molecular complexity index is 1360. The molecule has 3 N–H and O–H groups in total. The highest BCUT2D eigenvalue weighted by Gasteiger charge is 2.13. The van der Waals surface area contributed by atoms with Crippen LogP contribution in [0.4, 0.5) is 27.3 Å². The normalized spacial score (nSPS) is 11.0. The summed E-state index contributed by atoms with van der Waals surface area (Å²) >= 11 is 0. The highest BCUT2D eigenvalue weighted by atomic mass is 19.1. The van der Waals surface area contributed by atoms with Crippen molar-refractivity contribution in [1.82, 2.24) is 14.9 Å². The Labute approximate surface area is 204 Å². The molecule has 0 aliphatic heterocycles. The van der Waals surface area contributed by atoms with Crippen LogP contribution in [0.5, 0.6) is 0 Å². The highest BCUT2D eigenvalue weighted by molar-refractivity contribution is 6.02. The number of nitrogens with zero attached hydrogens (tertiary/aromatic N) is 3. The molecule has 0 unspecified atom stereocenters. The van der Waals surface area contributed by atoms with E-state index in [1.165, 1.54) is 18.2 Å². The molecule has 180 valence electrons. The molecule has 4 rings (SSSR count). The molecule has 0 atom stereocenters.